The molecule has 4 nitrogen and oxygen atoms in total. The highest BCUT2D eigenvalue weighted by Crippen LogP contribution is 2.14. The van der Waals surface area contributed by atoms with Gasteiger partial charge >= 0.3 is 5.97 Å². The molecule has 0 aliphatic carbocycles. The zero-order chi connectivity index (χ0) is 41.2. The van der Waals surface area contributed by atoms with E-state index in [2.05, 4.69) is 74.6 Å². The largest absolute Gasteiger partial charge is 0.457 e. The summed E-state index contributed by atoms with van der Waals surface area (Å²) in [6, 6.07) is 0. The van der Waals surface area contributed by atoms with Gasteiger partial charge in [0.05, 0.1) is 13.2 Å². The maximum atomic E-state index is 12.2. The van der Waals surface area contributed by atoms with Crippen LogP contribution >= 0.6 is 0 Å². The van der Waals surface area contributed by atoms with E-state index in [1.54, 1.807) is 0 Å². The summed E-state index contributed by atoms with van der Waals surface area (Å²) in [7, 11) is 0. The third-order valence-corrected chi connectivity index (χ3v) is 10.8. The minimum absolute atomic E-state index is 0.175. The van der Waals surface area contributed by atoms with Gasteiger partial charge < -0.3 is 14.6 Å². The van der Waals surface area contributed by atoms with Gasteiger partial charge in [-0.2, -0.15) is 0 Å². The highest BCUT2D eigenvalue weighted by molar-refractivity contribution is 5.69. The lowest BCUT2D eigenvalue weighted by Gasteiger charge is -2.16. The van der Waals surface area contributed by atoms with Gasteiger partial charge in [-0.15, -0.1) is 0 Å². The van der Waals surface area contributed by atoms with Gasteiger partial charge in [-0.3, -0.25) is 4.79 Å². The van der Waals surface area contributed by atoms with Crippen molar-refractivity contribution in [3.05, 3.63) is 60.8 Å². The summed E-state index contributed by atoms with van der Waals surface area (Å²) < 4.78 is 11.2. The molecule has 0 heterocycles. The fraction of sp³-hybridized carbons (Fsp3) is 0.792. The number of hydrogen-bond donors (Lipinski definition) is 1. The molecule has 0 aliphatic heterocycles. The molecule has 0 spiro atoms. The second kappa shape index (κ2) is 50.2. The van der Waals surface area contributed by atoms with E-state index in [1.807, 2.05) is 0 Å². The molecule has 57 heavy (non-hydrogen) atoms. The van der Waals surface area contributed by atoms with Gasteiger partial charge in [-0.25, -0.2) is 0 Å². The van der Waals surface area contributed by atoms with Crippen LogP contribution < -0.4 is 0 Å². The molecule has 0 saturated carbocycles. The van der Waals surface area contributed by atoms with Crippen molar-refractivity contribution in [1.82, 2.24) is 0 Å². The molecule has 0 aromatic heterocycles. The number of unbranched alkanes of at least 4 members (excludes halogenated alkanes) is 28. The summed E-state index contributed by atoms with van der Waals surface area (Å²) in [5.41, 5.74) is 0. The van der Waals surface area contributed by atoms with Crippen molar-refractivity contribution in [3.8, 4) is 0 Å². The molecule has 0 saturated heterocycles. The highest BCUT2D eigenvalue weighted by atomic mass is 16.6. The van der Waals surface area contributed by atoms with Crippen LogP contribution in [0.2, 0.25) is 0 Å². The van der Waals surface area contributed by atoms with Gasteiger partial charge in [0.25, 0.3) is 0 Å². The topological polar surface area (TPSA) is 55.8 Å². The van der Waals surface area contributed by atoms with Crippen molar-refractivity contribution >= 4 is 5.97 Å². The quantitative estimate of drug-likeness (QED) is 0.0379. The number of hydrogen-bond acceptors (Lipinski definition) is 4. The summed E-state index contributed by atoms with van der Waals surface area (Å²) in [4.78, 5) is 12.2. The van der Waals surface area contributed by atoms with Gasteiger partial charge in [0.1, 0.15) is 6.10 Å². The van der Waals surface area contributed by atoms with Crippen molar-refractivity contribution in [2.45, 2.75) is 251 Å². The summed E-state index contributed by atoms with van der Waals surface area (Å²) in [6.45, 7) is 5.32. The van der Waals surface area contributed by atoms with Gasteiger partial charge in [0.15, 0.2) is 0 Å². The van der Waals surface area contributed by atoms with Crippen LogP contribution in [0, 0.1) is 0 Å². The Bertz CT molecular complexity index is 931. The van der Waals surface area contributed by atoms with E-state index in [4.69, 9.17) is 9.47 Å². The molecule has 1 atom stereocenters. The van der Waals surface area contributed by atoms with Crippen molar-refractivity contribution in [1.29, 1.82) is 0 Å². The first kappa shape index (κ1) is 55.1. The first-order valence-corrected chi connectivity index (χ1v) is 24.9. The average Bonchev–Trinajstić information content (AvgIpc) is 3.22. The molecule has 0 aromatic carbocycles. The van der Waals surface area contributed by atoms with E-state index >= 15 is 0 Å². The fourth-order valence-electron chi connectivity index (χ4n) is 7.07. The first-order valence-electron chi connectivity index (χ1n) is 24.9. The molecule has 0 radical (unpaired) electrons. The highest BCUT2D eigenvalue weighted by Gasteiger charge is 2.13. The second-order valence-electron chi connectivity index (χ2n) is 16.5. The van der Waals surface area contributed by atoms with Crippen LogP contribution in [0.5, 0.6) is 0 Å². The van der Waals surface area contributed by atoms with Crippen LogP contribution in [0.15, 0.2) is 60.8 Å². The molecule has 0 bridgehead atoms. The van der Waals surface area contributed by atoms with Crippen LogP contribution in [-0.4, -0.2) is 37.0 Å². The fourth-order valence-corrected chi connectivity index (χ4v) is 7.07. The van der Waals surface area contributed by atoms with Crippen molar-refractivity contribution < 1.29 is 19.4 Å². The Kier molecular flexibility index (Phi) is 48.6. The van der Waals surface area contributed by atoms with E-state index in [1.165, 1.54) is 186 Å². The Labute approximate surface area is 355 Å². The number of ether oxygens (including phenoxy) is 2. The molecule has 0 fully saturated rings. The zero-order valence-corrected chi connectivity index (χ0v) is 38.1. The van der Waals surface area contributed by atoms with Crippen LogP contribution in [0.25, 0.3) is 0 Å². The molecule has 332 valence electrons. The van der Waals surface area contributed by atoms with Gasteiger partial charge in [-0.05, 0) is 83.5 Å². The minimum atomic E-state index is -0.541. The smallest absolute Gasteiger partial charge is 0.306 e. The maximum absolute atomic E-state index is 12.2. The normalized spacial score (nSPS) is 12.8. The van der Waals surface area contributed by atoms with Crippen LogP contribution in [0.4, 0.5) is 0 Å². The van der Waals surface area contributed by atoms with E-state index in [-0.39, 0.29) is 12.6 Å². The van der Waals surface area contributed by atoms with Gasteiger partial charge in [0, 0.05) is 13.0 Å². The number of aliphatic hydroxyl groups excluding tert-OH is 1. The molecule has 0 amide bonds. The van der Waals surface area contributed by atoms with E-state index in [0.29, 0.717) is 19.6 Å². The number of carbonyl (C=O) groups is 1. The predicted octanol–water partition coefficient (Wildman–Crippen LogP) is 16.8. The van der Waals surface area contributed by atoms with Crippen LogP contribution in [0.1, 0.15) is 245 Å². The number of carbonyl (C=O) groups excluding carboxylic acids is 1. The number of aliphatic hydroxyl groups is 1. The lowest BCUT2D eigenvalue weighted by Crippen LogP contribution is -2.27. The van der Waals surface area contributed by atoms with E-state index < -0.39 is 6.10 Å². The summed E-state index contributed by atoms with van der Waals surface area (Å²) in [5, 5.41) is 9.64. The Balaban J connectivity index is 3.43. The first-order chi connectivity index (χ1) is 28.2. The molecular formula is C53H96O4. The Morgan fingerprint density at radius 1 is 0.421 bits per heavy atom. The standard InChI is InChI=1S/C53H96O4/c1-3-5-7-9-11-13-15-17-19-21-23-24-25-26-27-28-29-31-33-35-37-39-41-43-45-47-49-56-51-52(50-54)57-53(55)48-46-44-42-40-38-36-34-32-30-22-20-18-16-14-12-10-8-6-4-2/h12,14-15,17-18,20-21,23,25-26,52,54H,3-11,13,16,19,22,24,27-51H2,1-2H3/b14-12-,17-15-,20-18-,23-21-,26-25-. The second-order valence-corrected chi connectivity index (χ2v) is 16.5. The third kappa shape index (κ3) is 48.4. The maximum Gasteiger partial charge on any atom is 0.306 e. The monoisotopic (exact) mass is 797 g/mol. The van der Waals surface area contributed by atoms with E-state index in [9.17, 15) is 9.90 Å². The summed E-state index contributed by atoms with van der Waals surface area (Å²) in [5.74, 6) is -0.205. The van der Waals surface area contributed by atoms with Crippen LogP contribution in [-0.2, 0) is 14.3 Å². The van der Waals surface area contributed by atoms with E-state index in [0.717, 1.165) is 38.5 Å². The number of allylic oxidation sites excluding steroid dienone is 10. The van der Waals surface area contributed by atoms with Gasteiger partial charge in [0.2, 0.25) is 0 Å². The SMILES string of the molecule is CCCCC/C=C\C/C=C\CCCCCCCCCCCC(=O)OC(CO)COCCCCCCCCCCCCC/C=C\C/C=C\C/C=C\CCCCCCC. The lowest BCUT2D eigenvalue weighted by atomic mass is 10.1. The molecular weight excluding hydrogens is 701 g/mol. The van der Waals surface area contributed by atoms with Crippen LogP contribution in [0.3, 0.4) is 0 Å². The lowest BCUT2D eigenvalue weighted by molar-refractivity contribution is -0.154. The Hall–Kier alpha value is -1.91. The molecule has 0 aliphatic rings. The zero-order valence-electron chi connectivity index (χ0n) is 38.1. The van der Waals surface area contributed by atoms with Crippen molar-refractivity contribution in [2.24, 2.45) is 0 Å². The number of rotatable bonds is 46. The van der Waals surface area contributed by atoms with Crippen molar-refractivity contribution in [2.75, 3.05) is 19.8 Å². The average molecular weight is 797 g/mol. The Morgan fingerprint density at radius 2 is 0.737 bits per heavy atom. The third-order valence-electron chi connectivity index (χ3n) is 10.8. The predicted molar refractivity (Wildman–Crippen MR) is 251 cm³/mol. The summed E-state index contributed by atoms with van der Waals surface area (Å²) in [6.07, 6.45) is 67.3. The molecule has 4 heteroatoms. The Morgan fingerprint density at radius 3 is 1.14 bits per heavy atom. The molecule has 1 unspecified atom stereocenters. The number of esters is 1. The minimum Gasteiger partial charge on any atom is -0.457 e. The molecule has 1 N–H and O–H groups in total. The summed E-state index contributed by atoms with van der Waals surface area (Å²) >= 11 is 0. The molecule has 0 aromatic rings. The molecule has 0 rings (SSSR count). The van der Waals surface area contributed by atoms with Crippen molar-refractivity contribution in [3.63, 3.8) is 0 Å². The van der Waals surface area contributed by atoms with Gasteiger partial charge in [-0.1, -0.05) is 216 Å².